The molecule has 1 aliphatic heterocycles. The van der Waals surface area contributed by atoms with Crippen LogP contribution in [0.4, 0.5) is 5.69 Å². The van der Waals surface area contributed by atoms with E-state index in [4.69, 9.17) is 0 Å². The van der Waals surface area contributed by atoms with Gasteiger partial charge in [0.1, 0.15) is 0 Å². The number of piperidine rings is 1. The molecule has 2 N–H and O–H groups in total. The van der Waals surface area contributed by atoms with E-state index in [9.17, 15) is 9.59 Å². The van der Waals surface area contributed by atoms with Crippen LogP contribution in [-0.4, -0.2) is 36.3 Å². The SMILES string of the molecule is CC(=O)N(C)Cc1ccccc1NC(=O)[C@H]1CCCCN1. The fraction of sp³-hybridized carbons (Fsp3) is 0.500. The van der Waals surface area contributed by atoms with E-state index in [1.165, 1.54) is 6.92 Å². The fourth-order valence-electron chi connectivity index (χ4n) is 2.44. The lowest BCUT2D eigenvalue weighted by molar-refractivity contribution is -0.128. The van der Waals surface area contributed by atoms with Gasteiger partial charge in [-0.1, -0.05) is 24.6 Å². The summed E-state index contributed by atoms with van der Waals surface area (Å²) in [5.41, 5.74) is 1.72. The summed E-state index contributed by atoms with van der Waals surface area (Å²) in [6.07, 6.45) is 3.09. The third-order valence-electron chi connectivity index (χ3n) is 3.85. The second-order valence-corrected chi connectivity index (χ2v) is 5.52. The molecule has 1 atom stereocenters. The molecule has 5 nitrogen and oxygen atoms in total. The first-order chi connectivity index (χ1) is 10.1. The zero-order valence-corrected chi connectivity index (χ0v) is 12.7. The van der Waals surface area contributed by atoms with Gasteiger partial charge in [-0.05, 0) is 31.0 Å². The van der Waals surface area contributed by atoms with Gasteiger partial charge in [0.25, 0.3) is 0 Å². The van der Waals surface area contributed by atoms with E-state index in [-0.39, 0.29) is 17.9 Å². The van der Waals surface area contributed by atoms with Crippen LogP contribution in [0.1, 0.15) is 31.7 Å². The predicted octanol–water partition coefficient (Wildman–Crippen LogP) is 1.75. The minimum Gasteiger partial charge on any atom is -0.342 e. The Bertz CT molecular complexity index is 510. The van der Waals surface area contributed by atoms with Crippen LogP contribution >= 0.6 is 0 Å². The molecule has 1 heterocycles. The van der Waals surface area contributed by atoms with Gasteiger partial charge in [-0.25, -0.2) is 0 Å². The third kappa shape index (κ3) is 4.29. The fourth-order valence-corrected chi connectivity index (χ4v) is 2.44. The number of hydrogen-bond acceptors (Lipinski definition) is 3. The number of carbonyl (C=O) groups is 2. The van der Waals surface area contributed by atoms with Gasteiger partial charge in [0.2, 0.25) is 11.8 Å². The molecule has 1 saturated heterocycles. The van der Waals surface area contributed by atoms with Crippen molar-refractivity contribution in [3.8, 4) is 0 Å². The Kier molecular flexibility index (Phi) is 5.33. The molecule has 1 aromatic carbocycles. The van der Waals surface area contributed by atoms with E-state index in [1.807, 2.05) is 24.3 Å². The van der Waals surface area contributed by atoms with Crippen LogP contribution in [0.5, 0.6) is 0 Å². The predicted molar refractivity (Wildman–Crippen MR) is 82.9 cm³/mol. The first-order valence-corrected chi connectivity index (χ1v) is 7.42. The Morgan fingerprint density at radius 2 is 2.10 bits per heavy atom. The molecule has 5 heteroatoms. The molecule has 0 radical (unpaired) electrons. The minimum absolute atomic E-state index is 0.00470. The van der Waals surface area contributed by atoms with Crippen molar-refractivity contribution in [1.82, 2.24) is 10.2 Å². The Labute approximate surface area is 125 Å². The largest absolute Gasteiger partial charge is 0.342 e. The van der Waals surface area contributed by atoms with Gasteiger partial charge in [0.15, 0.2) is 0 Å². The molecule has 114 valence electrons. The summed E-state index contributed by atoms with van der Waals surface area (Å²) >= 11 is 0. The number of nitrogens with one attached hydrogen (secondary N) is 2. The number of carbonyl (C=O) groups excluding carboxylic acids is 2. The smallest absolute Gasteiger partial charge is 0.241 e. The molecular weight excluding hydrogens is 266 g/mol. The highest BCUT2D eigenvalue weighted by atomic mass is 16.2. The van der Waals surface area contributed by atoms with E-state index in [1.54, 1.807) is 11.9 Å². The van der Waals surface area contributed by atoms with Crippen molar-refractivity contribution in [2.24, 2.45) is 0 Å². The third-order valence-corrected chi connectivity index (χ3v) is 3.85. The molecule has 0 spiro atoms. The number of hydrogen-bond donors (Lipinski definition) is 2. The number of rotatable bonds is 4. The monoisotopic (exact) mass is 289 g/mol. The molecule has 21 heavy (non-hydrogen) atoms. The second kappa shape index (κ2) is 7.22. The molecule has 2 rings (SSSR count). The first kappa shape index (κ1) is 15.5. The molecule has 0 unspecified atom stereocenters. The average Bonchev–Trinajstić information content (AvgIpc) is 2.50. The van der Waals surface area contributed by atoms with Gasteiger partial charge in [-0.2, -0.15) is 0 Å². The van der Waals surface area contributed by atoms with Gasteiger partial charge in [-0.3, -0.25) is 9.59 Å². The average molecular weight is 289 g/mol. The Morgan fingerprint density at radius 1 is 1.33 bits per heavy atom. The number of benzene rings is 1. The van der Waals surface area contributed by atoms with E-state index in [0.717, 1.165) is 37.1 Å². The molecule has 0 aliphatic carbocycles. The topological polar surface area (TPSA) is 61.4 Å². The number of para-hydroxylation sites is 1. The molecule has 2 amide bonds. The highest BCUT2D eigenvalue weighted by Crippen LogP contribution is 2.18. The summed E-state index contributed by atoms with van der Waals surface area (Å²) < 4.78 is 0. The minimum atomic E-state index is -0.114. The summed E-state index contributed by atoms with van der Waals surface area (Å²) in [7, 11) is 1.75. The maximum absolute atomic E-state index is 12.3. The highest BCUT2D eigenvalue weighted by Gasteiger charge is 2.21. The van der Waals surface area contributed by atoms with Crippen LogP contribution in [-0.2, 0) is 16.1 Å². The summed E-state index contributed by atoms with van der Waals surface area (Å²) in [5, 5.41) is 6.23. The molecule has 0 saturated carbocycles. The van der Waals surface area contributed by atoms with E-state index in [0.29, 0.717) is 6.54 Å². The summed E-state index contributed by atoms with van der Waals surface area (Å²) in [4.78, 5) is 25.3. The summed E-state index contributed by atoms with van der Waals surface area (Å²) in [6.45, 7) is 2.92. The highest BCUT2D eigenvalue weighted by molar-refractivity contribution is 5.95. The molecule has 1 aromatic rings. The molecule has 0 aromatic heterocycles. The van der Waals surface area contributed by atoms with Crippen molar-refractivity contribution in [2.75, 3.05) is 18.9 Å². The number of nitrogens with zero attached hydrogens (tertiary/aromatic N) is 1. The first-order valence-electron chi connectivity index (χ1n) is 7.42. The zero-order valence-electron chi connectivity index (χ0n) is 12.7. The maximum Gasteiger partial charge on any atom is 0.241 e. The molecule has 1 aliphatic rings. The van der Waals surface area contributed by atoms with Crippen LogP contribution in [0.2, 0.25) is 0 Å². The standard InChI is InChI=1S/C16H23N3O2/c1-12(20)19(2)11-13-7-3-4-8-14(13)18-16(21)15-9-5-6-10-17-15/h3-4,7-8,15,17H,5-6,9-11H2,1-2H3,(H,18,21)/t15-/m1/s1. The van der Waals surface area contributed by atoms with E-state index >= 15 is 0 Å². The Morgan fingerprint density at radius 3 is 2.76 bits per heavy atom. The lowest BCUT2D eigenvalue weighted by Gasteiger charge is -2.24. The maximum atomic E-state index is 12.3. The molecular formula is C16H23N3O2. The number of amides is 2. The van der Waals surface area contributed by atoms with Gasteiger partial charge in [-0.15, -0.1) is 0 Å². The quantitative estimate of drug-likeness (QED) is 0.887. The van der Waals surface area contributed by atoms with Crippen molar-refractivity contribution in [1.29, 1.82) is 0 Å². The van der Waals surface area contributed by atoms with Crippen LogP contribution in [0.3, 0.4) is 0 Å². The van der Waals surface area contributed by atoms with Crippen molar-refractivity contribution >= 4 is 17.5 Å². The van der Waals surface area contributed by atoms with E-state index < -0.39 is 0 Å². The van der Waals surface area contributed by atoms with Crippen molar-refractivity contribution < 1.29 is 9.59 Å². The van der Waals surface area contributed by atoms with Crippen molar-refractivity contribution in [2.45, 2.75) is 38.8 Å². The van der Waals surface area contributed by atoms with Gasteiger partial charge >= 0.3 is 0 Å². The lowest BCUT2D eigenvalue weighted by Crippen LogP contribution is -2.43. The van der Waals surface area contributed by atoms with Crippen LogP contribution in [0.25, 0.3) is 0 Å². The van der Waals surface area contributed by atoms with Crippen molar-refractivity contribution in [3.63, 3.8) is 0 Å². The van der Waals surface area contributed by atoms with Crippen molar-refractivity contribution in [3.05, 3.63) is 29.8 Å². The lowest BCUT2D eigenvalue weighted by atomic mass is 10.0. The van der Waals surface area contributed by atoms with Crippen LogP contribution in [0.15, 0.2) is 24.3 Å². The zero-order chi connectivity index (χ0) is 15.2. The van der Waals surface area contributed by atoms with Crippen LogP contribution < -0.4 is 10.6 Å². The van der Waals surface area contributed by atoms with Gasteiger partial charge in [0.05, 0.1) is 6.04 Å². The van der Waals surface area contributed by atoms with Gasteiger partial charge in [0, 0.05) is 26.2 Å². The molecule has 0 bridgehead atoms. The molecule has 1 fully saturated rings. The Hall–Kier alpha value is -1.88. The summed E-state index contributed by atoms with van der Waals surface area (Å²) in [6, 6.07) is 7.50. The Balaban J connectivity index is 2.05. The summed E-state index contributed by atoms with van der Waals surface area (Å²) in [5.74, 6) is 0.0118. The second-order valence-electron chi connectivity index (χ2n) is 5.52. The normalized spacial score (nSPS) is 18.1. The van der Waals surface area contributed by atoms with Gasteiger partial charge < -0.3 is 15.5 Å². The number of anilines is 1. The van der Waals surface area contributed by atoms with E-state index in [2.05, 4.69) is 10.6 Å². The van der Waals surface area contributed by atoms with Crippen LogP contribution in [0, 0.1) is 0 Å².